The van der Waals surface area contributed by atoms with Crippen molar-refractivity contribution in [2.45, 2.75) is 13.1 Å². The molecule has 0 radical (unpaired) electrons. The van der Waals surface area contributed by atoms with Gasteiger partial charge < -0.3 is 25.4 Å². The van der Waals surface area contributed by atoms with Crippen molar-refractivity contribution in [2.75, 3.05) is 36.3 Å². The Morgan fingerprint density at radius 1 is 0.791 bits per heavy atom. The molecule has 0 aliphatic rings. The fraction of sp³-hybridized carbons (Fsp3) is 0.147. The molecule has 9 nitrogen and oxygen atoms in total. The number of anilines is 4. The minimum Gasteiger partial charge on any atom is -0.491 e. The number of nitrogens with two attached hydrogens (primary N) is 1. The molecule has 0 aliphatic heterocycles. The van der Waals surface area contributed by atoms with Gasteiger partial charge in [0.1, 0.15) is 18.7 Å². The Kier molecular flexibility index (Phi) is 8.42. The standard InChI is InChI=1S/C34H33N7O2/c1-42-19-20-43-30-17-15-28(16-18-30)37-34-38-32(31-33(39-34)41(24-36-31)29-14-8-13-27(35)21-29)40(22-25-9-4-2-5-10-25)23-26-11-6-3-7-12-26/h2-18,21,24H,19-20,22-23,35H2,1H3,(H,37,38,39). The summed E-state index contributed by atoms with van der Waals surface area (Å²) < 4.78 is 12.7. The van der Waals surface area contributed by atoms with Crippen LogP contribution in [0, 0.1) is 0 Å². The zero-order chi connectivity index (χ0) is 29.4. The first-order valence-corrected chi connectivity index (χ1v) is 14.1. The summed E-state index contributed by atoms with van der Waals surface area (Å²) in [5.74, 6) is 1.94. The maximum absolute atomic E-state index is 6.14. The maximum Gasteiger partial charge on any atom is 0.231 e. The van der Waals surface area contributed by atoms with Crippen LogP contribution in [0.1, 0.15) is 11.1 Å². The molecule has 0 saturated carbocycles. The lowest BCUT2D eigenvalue weighted by molar-refractivity contribution is 0.146. The van der Waals surface area contributed by atoms with Crippen LogP contribution in [0.5, 0.6) is 5.75 Å². The highest BCUT2D eigenvalue weighted by atomic mass is 16.5. The molecule has 0 unspecified atom stereocenters. The second-order valence-electron chi connectivity index (χ2n) is 10.1. The number of rotatable bonds is 12. The van der Waals surface area contributed by atoms with Gasteiger partial charge in [-0.1, -0.05) is 66.7 Å². The third kappa shape index (κ3) is 6.74. The van der Waals surface area contributed by atoms with Crippen LogP contribution in [0.2, 0.25) is 0 Å². The third-order valence-electron chi connectivity index (χ3n) is 6.92. The molecular formula is C34H33N7O2. The molecule has 0 fully saturated rings. The quantitative estimate of drug-likeness (QED) is 0.129. The lowest BCUT2D eigenvalue weighted by Crippen LogP contribution is -2.24. The summed E-state index contributed by atoms with van der Waals surface area (Å²) in [6.45, 7) is 2.29. The minimum absolute atomic E-state index is 0.451. The summed E-state index contributed by atoms with van der Waals surface area (Å²) in [6, 6.07) is 36.1. The highest BCUT2D eigenvalue weighted by Crippen LogP contribution is 2.30. The van der Waals surface area contributed by atoms with Gasteiger partial charge in [-0.3, -0.25) is 4.57 Å². The molecule has 3 N–H and O–H groups in total. The first-order valence-electron chi connectivity index (χ1n) is 14.1. The Morgan fingerprint density at radius 3 is 2.14 bits per heavy atom. The fourth-order valence-corrected chi connectivity index (χ4v) is 4.84. The molecule has 6 rings (SSSR count). The SMILES string of the molecule is COCCOc1ccc(Nc2nc(N(Cc3ccccc3)Cc3ccccc3)c3ncn(-c4cccc(N)c4)c3n2)cc1. The van der Waals surface area contributed by atoms with Gasteiger partial charge in [-0.05, 0) is 53.6 Å². The van der Waals surface area contributed by atoms with Gasteiger partial charge in [-0.25, -0.2) is 4.98 Å². The van der Waals surface area contributed by atoms with Crippen molar-refractivity contribution >= 4 is 34.3 Å². The van der Waals surface area contributed by atoms with Gasteiger partial charge in [0.05, 0.1) is 12.3 Å². The van der Waals surface area contributed by atoms with Crippen LogP contribution in [-0.2, 0) is 17.8 Å². The highest BCUT2D eigenvalue weighted by molar-refractivity contribution is 5.86. The van der Waals surface area contributed by atoms with E-state index in [1.807, 2.05) is 65.2 Å². The summed E-state index contributed by atoms with van der Waals surface area (Å²) in [4.78, 5) is 17.1. The van der Waals surface area contributed by atoms with Gasteiger partial charge in [-0.2, -0.15) is 9.97 Å². The minimum atomic E-state index is 0.451. The van der Waals surface area contributed by atoms with E-state index in [1.165, 1.54) is 11.1 Å². The number of nitrogen functional groups attached to an aromatic ring is 1. The summed E-state index contributed by atoms with van der Waals surface area (Å²) in [6.07, 6.45) is 1.77. The van der Waals surface area contributed by atoms with Crippen LogP contribution >= 0.6 is 0 Å². The Labute approximate surface area is 250 Å². The van der Waals surface area contributed by atoms with E-state index >= 15 is 0 Å². The van der Waals surface area contributed by atoms with Gasteiger partial charge in [-0.15, -0.1) is 0 Å². The molecule has 0 spiro atoms. The molecule has 0 atom stereocenters. The van der Waals surface area contributed by atoms with Crippen molar-refractivity contribution in [3.05, 3.63) is 127 Å². The second-order valence-corrected chi connectivity index (χ2v) is 10.1. The first kappa shape index (κ1) is 27.7. The van der Waals surface area contributed by atoms with Crippen molar-refractivity contribution in [2.24, 2.45) is 0 Å². The maximum atomic E-state index is 6.14. The number of imidazole rings is 1. The lowest BCUT2D eigenvalue weighted by Gasteiger charge is -2.25. The molecule has 0 bridgehead atoms. The van der Waals surface area contributed by atoms with E-state index in [1.54, 1.807) is 13.4 Å². The van der Waals surface area contributed by atoms with Crippen molar-refractivity contribution in [3.63, 3.8) is 0 Å². The summed E-state index contributed by atoms with van der Waals surface area (Å²) in [5, 5.41) is 3.40. The molecule has 0 amide bonds. The zero-order valence-corrected chi connectivity index (χ0v) is 23.9. The Bertz CT molecular complexity index is 1730. The van der Waals surface area contributed by atoms with E-state index in [9.17, 15) is 0 Å². The summed E-state index contributed by atoms with van der Waals surface area (Å²) in [7, 11) is 1.65. The molecule has 2 heterocycles. The van der Waals surface area contributed by atoms with Crippen LogP contribution < -0.4 is 20.7 Å². The van der Waals surface area contributed by atoms with Crippen molar-refractivity contribution in [3.8, 4) is 11.4 Å². The monoisotopic (exact) mass is 571 g/mol. The van der Waals surface area contributed by atoms with Crippen LogP contribution in [0.25, 0.3) is 16.9 Å². The third-order valence-corrected chi connectivity index (χ3v) is 6.92. The van der Waals surface area contributed by atoms with Crippen molar-refractivity contribution < 1.29 is 9.47 Å². The molecule has 43 heavy (non-hydrogen) atoms. The number of fused-ring (bicyclic) bond motifs is 1. The number of nitrogens with one attached hydrogen (secondary N) is 1. The molecule has 6 aromatic rings. The normalized spacial score (nSPS) is 11.0. The van der Waals surface area contributed by atoms with Gasteiger partial charge in [0, 0.05) is 31.6 Å². The summed E-state index contributed by atoms with van der Waals surface area (Å²) in [5.41, 5.74) is 12.2. The van der Waals surface area contributed by atoms with Gasteiger partial charge in [0.25, 0.3) is 0 Å². The number of ether oxygens (including phenoxy) is 2. The van der Waals surface area contributed by atoms with E-state index in [-0.39, 0.29) is 0 Å². The van der Waals surface area contributed by atoms with Crippen LogP contribution in [0.15, 0.2) is 116 Å². The average Bonchev–Trinajstić information content (AvgIpc) is 3.46. The van der Waals surface area contributed by atoms with Crippen molar-refractivity contribution in [1.82, 2.24) is 19.5 Å². The number of hydrogen-bond acceptors (Lipinski definition) is 8. The molecule has 0 saturated heterocycles. The van der Waals surface area contributed by atoms with E-state index < -0.39 is 0 Å². The Hall–Kier alpha value is -5.41. The molecule has 4 aromatic carbocycles. The molecular weight excluding hydrogens is 538 g/mol. The summed E-state index contributed by atoms with van der Waals surface area (Å²) >= 11 is 0. The molecule has 2 aromatic heterocycles. The largest absolute Gasteiger partial charge is 0.491 e. The lowest BCUT2D eigenvalue weighted by atomic mass is 10.1. The van der Waals surface area contributed by atoms with Gasteiger partial charge in [0.2, 0.25) is 5.95 Å². The van der Waals surface area contributed by atoms with E-state index in [0.29, 0.717) is 49.1 Å². The smallest absolute Gasteiger partial charge is 0.231 e. The topological polar surface area (TPSA) is 103 Å². The molecule has 216 valence electrons. The Morgan fingerprint density at radius 2 is 1.49 bits per heavy atom. The number of benzene rings is 4. The second kappa shape index (κ2) is 13.1. The van der Waals surface area contributed by atoms with E-state index in [2.05, 4.69) is 58.7 Å². The highest BCUT2D eigenvalue weighted by Gasteiger charge is 2.20. The van der Waals surface area contributed by atoms with Crippen LogP contribution in [-0.4, -0.2) is 39.8 Å². The predicted molar refractivity (Wildman–Crippen MR) is 171 cm³/mol. The number of nitrogens with zero attached hydrogens (tertiary/aromatic N) is 5. The van der Waals surface area contributed by atoms with E-state index in [4.69, 9.17) is 30.2 Å². The van der Waals surface area contributed by atoms with Gasteiger partial charge in [0.15, 0.2) is 17.0 Å². The van der Waals surface area contributed by atoms with Crippen LogP contribution in [0.4, 0.5) is 23.1 Å². The zero-order valence-electron chi connectivity index (χ0n) is 23.9. The molecule has 9 heteroatoms. The van der Waals surface area contributed by atoms with Crippen molar-refractivity contribution in [1.29, 1.82) is 0 Å². The first-order chi connectivity index (χ1) is 21.2. The molecule has 0 aliphatic carbocycles. The van der Waals surface area contributed by atoms with E-state index in [0.717, 1.165) is 22.9 Å². The number of aromatic nitrogens is 4. The Balaban J connectivity index is 1.43. The van der Waals surface area contributed by atoms with Crippen LogP contribution in [0.3, 0.4) is 0 Å². The predicted octanol–water partition coefficient (Wildman–Crippen LogP) is 6.37. The number of hydrogen-bond donors (Lipinski definition) is 2. The average molecular weight is 572 g/mol. The number of methoxy groups -OCH3 is 1. The fourth-order valence-electron chi connectivity index (χ4n) is 4.84. The van der Waals surface area contributed by atoms with Gasteiger partial charge >= 0.3 is 0 Å².